The van der Waals surface area contributed by atoms with Crippen molar-refractivity contribution in [2.75, 3.05) is 0 Å². The number of halogens is 1. The Hall–Kier alpha value is -1.69. The third-order valence-corrected chi connectivity index (χ3v) is 3.63. The van der Waals surface area contributed by atoms with E-state index in [0.717, 1.165) is 12.1 Å². The number of carbonyl (C=O) groups excluding carboxylic acids is 1. The second-order valence-electron chi connectivity index (χ2n) is 4.27. The molecular formula is C13H17FN2O2S. The highest BCUT2D eigenvalue weighted by atomic mass is 32.1. The van der Waals surface area contributed by atoms with Gasteiger partial charge in [0, 0.05) is 6.07 Å². The van der Waals surface area contributed by atoms with E-state index in [2.05, 4.69) is 5.32 Å². The number of aromatic hydroxyl groups is 1. The lowest BCUT2D eigenvalue weighted by Gasteiger charge is -2.31. The predicted octanol–water partition coefficient (Wildman–Crippen LogP) is 2.11. The van der Waals surface area contributed by atoms with Crippen LogP contribution in [0.4, 0.5) is 4.39 Å². The Labute approximate surface area is 116 Å². The van der Waals surface area contributed by atoms with Crippen LogP contribution in [-0.2, 0) is 0 Å². The second kappa shape index (κ2) is 5.97. The Bertz CT molecular complexity index is 501. The van der Waals surface area contributed by atoms with E-state index in [1.54, 1.807) is 0 Å². The maximum Gasteiger partial charge on any atom is 0.255 e. The van der Waals surface area contributed by atoms with Crippen LogP contribution in [-0.4, -0.2) is 21.5 Å². The van der Waals surface area contributed by atoms with Gasteiger partial charge in [-0.1, -0.05) is 26.1 Å². The van der Waals surface area contributed by atoms with Gasteiger partial charge in [0.05, 0.1) is 16.1 Å². The van der Waals surface area contributed by atoms with Crippen LogP contribution in [0.5, 0.6) is 5.75 Å². The van der Waals surface area contributed by atoms with Crippen molar-refractivity contribution in [2.45, 2.75) is 32.2 Å². The minimum atomic E-state index is -0.798. The van der Waals surface area contributed by atoms with E-state index in [9.17, 15) is 14.3 Å². The van der Waals surface area contributed by atoms with Crippen LogP contribution in [0.25, 0.3) is 0 Å². The maximum absolute atomic E-state index is 12.9. The van der Waals surface area contributed by atoms with E-state index in [0.29, 0.717) is 12.8 Å². The van der Waals surface area contributed by atoms with Crippen molar-refractivity contribution < 1.29 is 14.3 Å². The molecule has 1 amide bonds. The molecule has 0 saturated carbocycles. The molecule has 0 aromatic heterocycles. The van der Waals surface area contributed by atoms with E-state index in [1.807, 2.05) is 13.8 Å². The number of rotatable bonds is 5. The number of amides is 1. The zero-order valence-electron chi connectivity index (χ0n) is 10.9. The van der Waals surface area contributed by atoms with Gasteiger partial charge < -0.3 is 16.2 Å². The molecule has 0 unspecified atom stereocenters. The molecule has 0 bridgehead atoms. The first-order valence-corrected chi connectivity index (χ1v) is 6.38. The fraction of sp³-hybridized carbons (Fsp3) is 0.385. The third kappa shape index (κ3) is 3.20. The summed E-state index contributed by atoms with van der Waals surface area (Å²) < 4.78 is 12.9. The zero-order chi connectivity index (χ0) is 14.6. The smallest absolute Gasteiger partial charge is 0.255 e. The zero-order valence-corrected chi connectivity index (χ0v) is 11.7. The number of hydrogen-bond acceptors (Lipinski definition) is 3. The molecular weight excluding hydrogens is 267 g/mol. The van der Waals surface area contributed by atoms with E-state index in [-0.39, 0.29) is 10.6 Å². The molecule has 6 heteroatoms. The van der Waals surface area contributed by atoms with Gasteiger partial charge in [-0.15, -0.1) is 0 Å². The van der Waals surface area contributed by atoms with Crippen LogP contribution in [0.3, 0.4) is 0 Å². The fourth-order valence-corrected chi connectivity index (χ4v) is 2.16. The van der Waals surface area contributed by atoms with Gasteiger partial charge in [0.25, 0.3) is 5.91 Å². The fourth-order valence-electron chi connectivity index (χ4n) is 1.82. The number of thiocarbonyl (C=S) groups is 1. The highest BCUT2D eigenvalue weighted by molar-refractivity contribution is 7.80. The summed E-state index contributed by atoms with van der Waals surface area (Å²) in [6.45, 7) is 3.71. The average molecular weight is 284 g/mol. The van der Waals surface area contributed by atoms with Crippen LogP contribution in [0.1, 0.15) is 37.0 Å². The SMILES string of the molecule is CCC(CC)(NC(=O)c1ccc(F)cc1O)C(N)=S. The van der Waals surface area contributed by atoms with E-state index < -0.39 is 23.0 Å². The lowest BCUT2D eigenvalue weighted by molar-refractivity contribution is 0.0917. The van der Waals surface area contributed by atoms with Gasteiger partial charge in [-0.2, -0.15) is 0 Å². The summed E-state index contributed by atoms with van der Waals surface area (Å²) in [7, 11) is 0. The Morgan fingerprint density at radius 1 is 1.47 bits per heavy atom. The molecule has 0 aliphatic heterocycles. The van der Waals surface area contributed by atoms with Gasteiger partial charge in [-0.25, -0.2) is 4.39 Å². The lowest BCUT2D eigenvalue weighted by Crippen LogP contribution is -2.55. The number of carbonyl (C=O) groups is 1. The first kappa shape index (κ1) is 15.4. The summed E-state index contributed by atoms with van der Waals surface area (Å²) in [6, 6.07) is 3.21. The number of phenols is 1. The van der Waals surface area contributed by atoms with Crippen molar-refractivity contribution in [3.05, 3.63) is 29.6 Å². The predicted molar refractivity (Wildman–Crippen MR) is 75.6 cm³/mol. The van der Waals surface area contributed by atoms with Gasteiger partial charge in [-0.05, 0) is 25.0 Å². The minimum absolute atomic E-state index is 0.0103. The Morgan fingerprint density at radius 2 is 2.05 bits per heavy atom. The first-order chi connectivity index (χ1) is 8.86. The van der Waals surface area contributed by atoms with Crippen molar-refractivity contribution in [3.8, 4) is 5.75 Å². The monoisotopic (exact) mass is 284 g/mol. The molecule has 0 saturated heterocycles. The molecule has 1 aromatic rings. The van der Waals surface area contributed by atoms with Crippen LogP contribution in [0, 0.1) is 5.82 Å². The van der Waals surface area contributed by atoms with Crippen molar-refractivity contribution >= 4 is 23.1 Å². The largest absolute Gasteiger partial charge is 0.507 e. The topological polar surface area (TPSA) is 75.3 Å². The summed E-state index contributed by atoms with van der Waals surface area (Å²) >= 11 is 4.99. The van der Waals surface area contributed by atoms with Crippen molar-refractivity contribution in [3.63, 3.8) is 0 Å². The minimum Gasteiger partial charge on any atom is -0.507 e. The number of nitrogens with two attached hydrogens (primary N) is 1. The molecule has 4 nitrogen and oxygen atoms in total. The van der Waals surface area contributed by atoms with Crippen LogP contribution >= 0.6 is 12.2 Å². The number of benzene rings is 1. The summed E-state index contributed by atoms with van der Waals surface area (Å²) in [6.07, 6.45) is 1.07. The summed E-state index contributed by atoms with van der Waals surface area (Å²) in [5, 5.41) is 12.3. The molecule has 104 valence electrons. The average Bonchev–Trinajstić information content (AvgIpc) is 2.35. The molecule has 1 aromatic carbocycles. The lowest BCUT2D eigenvalue weighted by atomic mass is 9.92. The molecule has 19 heavy (non-hydrogen) atoms. The highest BCUT2D eigenvalue weighted by Crippen LogP contribution is 2.21. The molecule has 0 aliphatic carbocycles. The first-order valence-electron chi connectivity index (χ1n) is 5.97. The van der Waals surface area contributed by atoms with Crippen LogP contribution in [0.2, 0.25) is 0 Å². The van der Waals surface area contributed by atoms with Crippen molar-refractivity contribution in [1.29, 1.82) is 0 Å². The quantitative estimate of drug-likeness (QED) is 0.724. The molecule has 4 N–H and O–H groups in total. The maximum atomic E-state index is 12.9. The molecule has 1 rings (SSSR count). The molecule has 0 atom stereocenters. The molecule has 0 fully saturated rings. The normalized spacial score (nSPS) is 11.1. The molecule has 0 aliphatic rings. The van der Waals surface area contributed by atoms with Gasteiger partial charge in [0.2, 0.25) is 0 Å². The Balaban J connectivity index is 3.04. The number of phenolic OH excluding ortho intramolecular Hbond substituents is 1. The second-order valence-corrected chi connectivity index (χ2v) is 4.71. The third-order valence-electron chi connectivity index (χ3n) is 3.24. The summed E-state index contributed by atoms with van der Waals surface area (Å²) in [4.78, 5) is 12.3. The van der Waals surface area contributed by atoms with Crippen LogP contribution < -0.4 is 11.1 Å². The standard InChI is InChI=1S/C13H17FN2O2S/c1-3-13(4-2,12(15)19)16-11(18)9-6-5-8(14)7-10(9)17/h5-7,17H,3-4H2,1-2H3,(H2,15,19)(H,16,18). The van der Waals surface area contributed by atoms with Crippen molar-refractivity contribution in [2.24, 2.45) is 5.73 Å². The van der Waals surface area contributed by atoms with Gasteiger partial charge >= 0.3 is 0 Å². The van der Waals surface area contributed by atoms with E-state index in [4.69, 9.17) is 18.0 Å². The van der Waals surface area contributed by atoms with Gasteiger partial charge in [-0.3, -0.25) is 4.79 Å². The molecule has 0 radical (unpaired) electrons. The van der Waals surface area contributed by atoms with Gasteiger partial charge in [0.1, 0.15) is 11.6 Å². The number of nitrogens with one attached hydrogen (secondary N) is 1. The molecule has 0 heterocycles. The summed E-state index contributed by atoms with van der Waals surface area (Å²) in [5.41, 5.74) is 4.87. The van der Waals surface area contributed by atoms with E-state index >= 15 is 0 Å². The highest BCUT2D eigenvalue weighted by Gasteiger charge is 2.32. The number of hydrogen-bond donors (Lipinski definition) is 3. The summed E-state index contributed by atoms with van der Waals surface area (Å²) in [5.74, 6) is -1.56. The molecule has 0 spiro atoms. The van der Waals surface area contributed by atoms with E-state index in [1.165, 1.54) is 6.07 Å². The van der Waals surface area contributed by atoms with Crippen molar-refractivity contribution in [1.82, 2.24) is 5.32 Å². The van der Waals surface area contributed by atoms with Gasteiger partial charge in [0.15, 0.2) is 0 Å². The van der Waals surface area contributed by atoms with Crippen LogP contribution in [0.15, 0.2) is 18.2 Å². The Morgan fingerprint density at radius 3 is 2.47 bits per heavy atom. The Kier molecular flexibility index (Phi) is 4.83.